The standard InChI is InChI=1S/C31H27ClN4O/c1-2-3-12-29-34-28-17-18-35(21-25-9-5-7-11-27(25)32)31(37)30(28)36(29)20-22-13-15-23(16-14-22)26-10-6-4-8-24(26)19-33/h4-11,13-18H,2-3,12,20-21H2,1H3. The lowest BCUT2D eigenvalue weighted by molar-refractivity contribution is 0.684. The summed E-state index contributed by atoms with van der Waals surface area (Å²) in [5.74, 6) is 0.920. The second-order valence-electron chi connectivity index (χ2n) is 9.15. The quantitative estimate of drug-likeness (QED) is 0.232. The van der Waals surface area contributed by atoms with Crippen molar-refractivity contribution in [2.75, 3.05) is 0 Å². The molecule has 0 atom stereocenters. The molecule has 0 unspecified atom stereocenters. The normalized spacial score (nSPS) is 11.1. The highest BCUT2D eigenvalue weighted by atomic mass is 35.5. The highest BCUT2D eigenvalue weighted by molar-refractivity contribution is 6.31. The third kappa shape index (κ3) is 5.07. The zero-order valence-corrected chi connectivity index (χ0v) is 21.4. The van der Waals surface area contributed by atoms with Gasteiger partial charge >= 0.3 is 0 Å². The maximum Gasteiger partial charge on any atom is 0.277 e. The summed E-state index contributed by atoms with van der Waals surface area (Å²) in [6.45, 7) is 3.10. The predicted octanol–water partition coefficient (Wildman–Crippen LogP) is 6.83. The molecule has 0 N–H and O–H groups in total. The van der Waals surface area contributed by atoms with Crippen LogP contribution in [0.1, 0.15) is 42.3 Å². The number of halogens is 1. The molecule has 0 amide bonds. The molecular weight excluding hydrogens is 480 g/mol. The molecule has 6 heteroatoms. The Hall–Kier alpha value is -4.14. The summed E-state index contributed by atoms with van der Waals surface area (Å²) in [5.41, 5.74) is 5.77. The summed E-state index contributed by atoms with van der Waals surface area (Å²) in [6.07, 6.45) is 4.66. The third-order valence-corrected chi connectivity index (χ3v) is 7.02. The molecule has 37 heavy (non-hydrogen) atoms. The Labute approximate surface area is 221 Å². The van der Waals surface area contributed by atoms with Crippen LogP contribution in [0.5, 0.6) is 0 Å². The zero-order valence-electron chi connectivity index (χ0n) is 20.7. The van der Waals surface area contributed by atoms with Crippen LogP contribution in [0.4, 0.5) is 0 Å². The molecule has 0 saturated heterocycles. The van der Waals surface area contributed by atoms with E-state index in [4.69, 9.17) is 16.6 Å². The van der Waals surface area contributed by atoms with Gasteiger partial charge in [0.15, 0.2) is 0 Å². The lowest BCUT2D eigenvalue weighted by atomic mass is 9.99. The van der Waals surface area contributed by atoms with Crippen molar-refractivity contribution in [2.24, 2.45) is 0 Å². The highest BCUT2D eigenvalue weighted by Crippen LogP contribution is 2.25. The van der Waals surface area contributed by atoms with Crippen molar-refractivity contribution in [3.8, 4) is 17.2 Å². The van der Waals surface area contributed by atoms with Crippen LogP contribution in [-0.2, 0) is 19.5 Å². The molecule has 5 nitrogen and oxygen atoms in total. The van der Waals surface area contributed by atoms with Crippen LogP contribution < -0.4 is 5.56 Å². The number of nitrogens with zero attached hydrogens (tertiary/aromatic N) is 4. The number of imidazole rings is 1. The van der Waals surface area contributed by atoms with E-state index in [2.05, 4.69) is 29.7 Å². The van der Waals surface area contributed by atoms with E-state index in [1.54, 1.807) is 10.8 Å². The van der Waals surface area contributed by atoms with Crippen LogP contribution in [0.15, 0.2) is 89.9 Å². The smallest absolute Gasteiger partial charge is 0.277 e. The lowest BCUT2D eigenvalue weighted by Gasteiger charge is -2.12. The van der Waals surface area contributed by atoms with E-state index in [1.807, 2.05) is 66.7 Å². The van der Waals surface area contributed by atoms with Gasteiger partial charge in [0.05, 0.1) is 23.7 Å². The second-order valence-corrected chi connectivity index (χ2v) is 9.55. The molecule has 5 rings (SSSR count). The van der Waals surface area contributed by atoms with Crippen molar-refractivity contribution >= 4 is 22.6 Å². The van der Waals surface area contributed by atoms with Crippen molar-refractivity contribution in [1.82, 2.24) is 14.1 Å². The summed E-state index contributed by atoms with van der Waals surface area (Å²) < 4.78 is 3.77. The van der Waals surface area contributed by atoms with E-state index in [0.717, 1.165) is 47.3 Å². The van der Waals surface area contributed by atoms with Gasteiger partial charge in [-0.05, 0) is 46.9 Å². The van der Waals surface area contributed by atoms with E-state index in [9.17, 15) is 10.1 Å². The van der Waals surface area contributed by atoms with Gasteiger partial charge < -0.3 is 9.13 Å². The first-order valence-corrected chi connectivity index (χ1v) is 12.9. The van der Waals surface area contributed by atoms with Gasteiger partial charge in [-0.3, -0.25) is 4.79 Å². The Morgan fingerprint density at radius 2 is 1.70 bits per heavy atom. The molecule has 0 fully saturated rings. The van der Waals surface area contributed by atoms with Gasteiger partial charge in [-0.15, -0.1) is 0 Å². The van der Waals surface area contributed by atoms with Gasteiger partial charge in [-0.2, -0.15) is 5.26 Å². The number of benzene rings is 3. The third-order valence-electron chi connectivity index (χ3n) is 6.66. The number of unbranched alkanes of at least 4 members (excludes halogenated alkanes) is 1. The molecule has 0 bridgehead atoms. The fourth-order valence-corrected chi connectivity index (χ4v) is 4.86. The minimum atomic E-state index is -0.0766. The average molecular weight is 507 g/mol. The number of aromatic nitrogens is 3. The zero-order chi connectivity index (χ0) is 25.8. The van der Waals surface area contributed by atoms with E-state index >= 15 is 0 Å². The number of hydrogen-bond acceptors (Lipinski definition) is 3. The van der Waals surface area contributed by atoms with Crippen LogP contribution in [0.3, 0.4) is 0 Å². The number of aryl methyl sites for hydroxylation is 1. The fraction of sp³-hybridized carbons (Fsp3) is 0.194. The summed E-state index contributed by atoms with van der Waals surface area (Å²) in [5, 5.41) is 10.1. The Bertz CT molecular complexity index is 1660. The number of rotatable bonds is 8. The lowest BCUT2D eigenvalue weighted by Crippen LogP contribution is -2.23. The van der Waals surface area contributed by atoms with Gasteiger partial charge in [0, 0.05) is 24.2 Å². The summed E-state index contributed by atoms with van der Waals surface area (Å²) in [6, 6.07) is 27.6. The monoisotopic (exact) mass is 506 g/mol. The minimum Gasteiger partial charge on any atom is -0.319 e. The molecule has 0 saturated carbocycles. The first-order valence-electron chi connectivity index (χ1n) is 12.5. The molecular formula is C31H27ClN4O. The number of hydrogen-bond donors (Lipinski definition) is 0. The summed E-state index contributed by atoms with van der Waals surface area (Å²) in [4.78, 5) is 18.5. The van der Waals surface area contributed by atoms with Gasteiger partial charge in [0.25, 0.3) is 5.56 Å². The fourth-order valence-electron chi connectivity index (χ4n) is 4.66. The van der Waals surface area contributed by atoms with Gasteiger partial charge in [-0.25, -0.2) is 4.98 Å². The van der Waals surface area contributed by atoms with Gasteiger partial charge in [0.2, 0.25) is 0 Å². The maximum atomic E-state index is 13.7. The largest absolute Gasteiger partial charge is 0.319 e. The predicted molar refractivity (Wildman–Crippen MR) is 149 cm³/mol. The van der Waals surface area contributed by atoms with Gasteiger partial charge in [-0.1, -0.05) is 85.6 Å². The van der Waals surface area contributed by atoms with Crippen LogP contribution in [0.2, 0.25) is 5.02 Å². The van der Waals surface area contributed by atoms with Crippen LogP contribution in [-0.4, -0.2) is 14.1 Å². The molecule has 0 aliphatic rings. The van der Waals surface area contributed by atoms with E-state index in [-0.39, 0.29) is 5.56 Å². The molecule has 5 aromatic rings. The molecule has 0 spiro atoms. The second kappa shape index (κ2) is 10.9. The summed E-state index contributed by atoms with van der Waals surface area (Å²) >= 11 is 6.37. The molecule has 3 aromatic carbocycles. The van der Waals surface area contributed by atoms with E-state index in [1.165, 1.54) is 0 Å². The minimum absolute atomic E-state index is 0.0766. The highest BCUT2D eigenvalue weighted by Gasteiger charge is 2.16. The number of fused-ring (bicyclic) bond motifs is 1. The Balaban J connectivity index is 1.53. The van der Waals surface area contributed by atoms with Crippen molar-refractivity contribution in [2.45, 2.75) is 39.3 Å². The average Bonchev–Trinajstić information content (AvgIpc) is 3.28. The van der Waals surface area contributed by atoms with Crippen molar-refractivity contribution in [3.63, 3.8) is 0 Å². The Morgan fingerprint density at radius 3 is 2.46 bits per heavy atom. The topological polar surface area (TPSA) is 63.6 Å². The molecule has 0 radical (unpaired) electrons. The molecule has 2 heterocycles. The van der Waals surface area contributed by atoms with Crippen molar-refractivity contribution in [3.05, 3.63) is 123 Å². The number of nitriles is 1. The molecule has 2 aromatic heterocycles. The Kier molecular flexibility index (Phi) is 7.20. The van der Waals surface area contributed by atoms with Crippen molar-refractivity contribution in [1.29, 1.82) is 5.26 Å². The maximum absolute atomic E-state index is 13.7. The molecule has 184 valence electrons. The van der Waals surface area contributed by atoms with E-state index < -0.39 is 0 Å². The Morgan fingerprint density at radius 1 is 0.946 bits per heavy atom. The SMILES string of the molecule is CCCCc1nc2ccn(Cc3ccccc3Cl)c(=O)c2n1Cc1ccc(-c2ccccc2C#N)cc1. The van der Waals surface area contributed by atoms with Crippen LogP contribution in [0.25, 0.3) is 22.2 Å². The van der Waals surface area contributed by atoms with Crippen LogP contribution in [0, 0.1) is 11.3 Å². The molecule has 0 aliphatic carbocycles. The summed E-state index contributed by atoms with van der Waals surface area (Å²) in [7, 11) is 0. The first-order chi connectivity index (χ1) is 18.1. The number of pyridine rings is 1. The molecule has 0 aliphatic heterocycles. The van der Waals surface area contributed by atoms with Crippen LogP contribution >= 0.6 is 11.6 Å². The van der Waals surface area contributed by atoms with E-state index in [0.29, 0.717) is 34.7 Å². The first kappa shape index (κ1) is 24.5. The van der Waals surface area contributed by atoms with Gasteiger partial charge in [0.1, 0.15) is 11.3 Å². The van der Waals surface area contributed by atoms with Crippen molar-refractivity contribution < 1.29 is 0 Å².